The molecule has 1 aromatic heterocycles. The monoisotopic (exact) mass is 525 g/mol. The Balaban J connectivity index is 1.97. The van der Waals surface area contributed by atoms with Gasteiger partial charge in [0.2, 0.25) is 5.82 Å². The number of aromatic nitrogens is 3. The highest BCUT2D eigenvalue weighted by Crippen LogP contribution is 2.53. The Morgan fingerprint density at radius 1 is 1.20 bits per heavy atom. The number of hydrogen-bond acceptors (Lipinski definition) is 6. The van der Waals surface area contributed by atoms with E-state index in [0.29, 0.717) is 16.3 Å². The molecule has 0 N–H and O–H groups in total. The van der Waals surface area contributed by atoms with Gasteiger partial charge in [-0.1, -0.05) is 23.7 Å². The van der Waals surface area contributed by atoms with Crippen LogP contribution in [0, 0.1) is 6.92 Å². The van der Waals surface area contributed by atoms with Crippen LogP contribution in [-0.4, -0.2) is 33.9 Å². The maximum absolute atomic E-state index is 14.0. The summed E-state index contributed by atoms with van der Waals surface area (Å²) in [5, 5.41) is 6.50. The van der Waals surface area contributed by atoms with Crippen LogP contribution in [0.1, 0.15) is 59.1 Å². The van der Waals surface area contributed by atoms with Crippen LogP contribution in [-0.2, 0) is 15.7 Å². The number of nitrogens with zero attached hydrogens (tertiary/aromatic N) is 3. The number of carbonyl (C=O) groups excluding carboxylic acids is 1. The van der Waals surface area contributed by atoms with Gasteiger partial charge in [-0.25, -0.2) is 0 Å². The van der Waals surface area contributed by atoms with E-state index in [-0.39, 0.29) is 24.0 Å². The van der Waals surface area contributed by atoms with Crippen molar-refractivity contribution in [1.82, 2.24) is 14.8 Å². The van der Waals surface area contributed by atoms with Gasteiger partial charge in [0.05, 0.1) is 35.8 Å². The van der Waals surface area contributed by atoms with E-state index in [4.69, 9.17) is 21.1 Å². The van der Waals surface area contributed by atoms with Gasteiger partial charge in [0, 0.05) is 5.02 Å². The largest absolute Gasteiger partial charge is 0.496 e. The second-order valence-corrected chi connectivity index (χ2v) is 10.1. The van der Waals surface area contributed by atoms with Crippen LogP contribution < -0.4 is 4.74 Å². The molecule has 186 valence electrons. The molecule has 6 nitrogen and oxygen atoms in total. The maximum atomic E-state index is 14.0. The van der Waals surface area contributed by atoms with Gasteiger partial charge in [-0.2, -0.15) is 13.2 Å². The molecule has 3 aromatic rings. The van der Waals surface area contributed by atoms with Crippen molar-refractivity contribution in [1.29, 1.82) is 0 Å². The summed E-state index contributed by atoms with van der Waals surface area (Å²) in [6.45, 7) is 5.30. The predicted molar refractivity (Wildman–Crippen MR) is 127 cm³/mol. The number of ether oxygens (including phenoxy) is 2. The molecule has 0 fully saturated rings. The van der Waals surface area contributed by atoms with E-state index >= 15 is 0 Å². The fourth-order valence-electron chi connectivity index (χ4n) is 4.14. The summed E-state index contributed by atoms with van der Waals surface area (Å²) in [5.41, 5.74) is 2.45. The molecule has 2 heterocycles. The van der Waals surface area contributed by atoms with Crippen molar-refractivity contribution in [2.75, 3.05) is 7.11 Å². The number of carbonyl (C=O) groups is 1. The van der Waals surface area contributed by atoms with Gasteiger partial charge in [0.15, 0.2) is 5.82 Å². The Hall–Kier alpha value is -2.72. The van der Waals surface area contributed by atoms with E-state index in [1.165, 1.54) is 23.9 Å². The van der Waals surface area contributed by atoms with Crippen LogP contribution in [0.3, 0.4) is 0 Å². The molecule has 2 aromatic carbocycles. The summed E-state index contributed by atoms with van der Waals surface area (Å²) in [7, 11) is 1.55. The van der Waals surface area contributed by atoms with Crippen molar-refractivity contribution in [2.45, 2.75) is 50.0 Å². The third-order valence-corrected chi connectivity index (χ3v) is 7.31. The molecule has 1 aliphatic rings. The standard InChI is InChI=1S/C24H23ClF3N3O3S/c1-12(2)34-20(32)11-19-22-29-30-23(24(26,27)28)31(22)17-9-8-14(25)10-16(17)21(35-19)15-6-5-7-18(33-4)13(15)3/h5-10,12,19,21H,11H2,1-4H3. The van der Waals surface area contributed by atoms with Crippen molar-refractivity contribution < 1.29 is 27.4 Å². The van der Waals surface area contributed by atoms with Crippen molar-refractivity contribution in [3.8, 4) is 11.4 Å². The fraction of sp³-hybridized carbons (Fsp3) is 0.375. The van der Waals surface area contributed by atoms with Gasteiger partial charge < -0.3 is 9.47 Å². The van der Waals surface area contributed by atoms with Crippen LogP contribution in [0.15, 0.2) is 36.4 Å². The van der Waals surface area contributed by atoms with E-state index < -0.39 is 28.5 Å². The Morgan fingerprint density at radius 3 is 2.60 bits per heavy atom. The second kappa shape index (κ2) is 9.73. The zero-order valence-corrected chi connectivity index (χ0v) is 21.0. The Labute approximate surface area is 209 Å². The van der Waals surface area contributed by atoms with Crippen molar-refractivity contribution in [2.24, 2.45) is 0 Å². The molecule has 4 rings (SSSR count). The summed E-state index contributed by atoms with van der Waals surface area (Å²) in [6, 6.07) is 10.2. The first kappa shape index (κ1) is 25.4. The molecule has 0 saturated carbocycles. The smallest absolute Gasteiger partial charge is 0.452 e. The predicted octanol–water partition coefficient (Wildman–Crippen LogP) is 6.48. The molecule has 2 unspecified atom stereocenters. The number of benzene rings is 2. The number of alkyl halides is 3. The Kier molecular flexibility index (Phi) is 7.06. The number of thioether (sulfide) groups is 1. The molecule has 0 spiro atoms. The maximum Gasteiger partial charge on any atom is 0.452 e. The summed E-state index contributed by atoms with van der Waals surface area (Å²) in [5.74, 6) is -1.04. The van der Waals surface area contributed by atoms with Gasteiger partial charge >= 0.3 is 12.1 Å². The number of halogens is 4. The zero-order chi connectivity index (χ0) is 25.5. The minimum Gasteiger partial charge on any atom is -0.496 e. The van der Waals surface area contributed by atoms with Gasteiger partial charge in [-0.15, -0.1) is 22.0 Å². The lowest BCUT2D eigenvalue weighted by Gasteiger charge is -2.23. The summed E-state index contributed by atoms with van der Waals surface area (Å²) in [4.78, 5) is 12.6. The SMILES string of the molecule is COc1cccc(C2SC(CC(=O)OC(C)C)c3nnc(C(F)(F)F)n3-c3ccc(Cl)cc32)c1C. The van der Waals surface area contributed by atoms with Gasteiger partial charge in [-0.3, -0.25) is 9.36 Å². The van der Waals surface area contributed by atoms with Gasteiger partial charge in [-0.05, 0) is 61.7 Å². The number of rotatable bonds is 5. The lowest BCUT2D eigenvalue weighted by atomic mass is 9.97. The molecule has 11 heteroatoms. The van der Waals surface area contributed by atoms with E-state index in [1.807, 2.05) is 25.1 Å². The van der Waals surface area contributed by atoms with E-state index in [2.05, 4.69) is 10.2 Å². The van der Waals surface area contributed by atoms with Crippen LogP contribution in [0.4, 0.5) is 13.2 Å². The molecule has 35 heavy (non-hydrogen) atoms. The molecule has 0 bridgehead atoms. The lowest BCUT2D eigenvalue weighted by molar-refractivity contribution is -0.147. The van der Waals surface area contributed by atoms with E-state index in [0.717, 1.165) is 15.7 Å². The van der Waals surface area contributed by atoms with Crippen LogP contribution >= 0.6 is 23.4 Å². The Morgan fingerprint density at radius 2 is 1.94 bits per heavy atom. The first-order valence-corrected chi connectivity index (χ1v) is 12.1. The lowest BCUT2D eigenvalue weighted by Crippen LogP contribution is -2.18. The molecule has 0 radical (unpaired) electrons. The van der Waals surface area contributed by atoms with Crippen molar-refractivity contribution in [3.63, 3.8) is 0 Å². The minimum atomic E-state index is -4.76. The van der Waals surface area contributed by atoms with E-state index in [1.54, 1.807) is 27.0 Å². The quantitative estimate of drug-likeness (QED) is 0.355. The summed E-state index contributed by atoms with van der Waals surface area (Å²) in [6.07, 6.45) is -5.31. The summed E-state index contributed by atoms with van der Waals surface area (Å²) >= 11 is 7.63. The van der Waals surface area contributed by atoms with Crippen molar-refractivity contribution in [3.05, 3.63) is 69.8 Å². The number of methoxy groups -OCH3 is 1. The molecule has 0 aliphatic carbocycles. The average molecular weight is 526 g/mol. The number of hydrogen-bond donors (Lipinski definition) is 0. The molecule has 0 amide bonds. The zero-order valence-electron chi connectivity index (χ0n) is 19.4. The van der Waals surface area contributed by atoms with Crippen molar-refractivity contribution >= 4 is 29.3 Å². The molecular formula is C24H23ClF3N3O3S. The second-order valence-electron chi connectivity index (χ2n) is 8.34. The first-order chi connectivity index (χ1) is 16.5. The third-order valence-electron chi connectivity index (χ3n) is 5.59. The first-order valence-electron chi connectivity index (χ1n) is 10.8. The Bertz CT molecular complexity index is 1260. The van der Waals surface area contributed by atoms with Gasteiger partial charge in [0.1, 0.15) is 5.75 Å². The average Bonchev–Trinajstić information content (AvgIpc) is 3.17. The van der Waals surface area contributed by atoms with Crippen LogP contribution in [0.5, 0.6) is 5.75 Å². The topological polar surface area (TPSA) is 66.2 Å². The van der Waals surface area contributed by atoms with Crippen LogP contribution in [0.25, 0.3) is 5.69 Å². The normalized spacial score (nSPS) is 17.5. The highest BCUT2D eigenvalue weighted by Gasteiger charge is 2.43. The minimum absolute atomic E-state index is 0.0228. The van der Waals surface area contributed by atoms with E-state index in [9.17, 15) is 18.0 Å². The number of esters is 1. The molecule has 1 aliphatic heterocycles. The third kappa shape index (κ3) is 4.99. The molecular weight excluding hydrogens is 503 g/mol. The summed E-state index contributed by atoms with van der Waals surface area (Å²) < 4.78 is 53.8. The number of fused-ring (bicyclic) bond motifs is 3. The fourth-order valence-corrected chi connectivity index (χ4v) is 5.90. The van der Waals surface area contributed by atoms with Crippen LogP contribution in [0.2, 0.25) is 5.02 Å². The molecule has 2 atom stereocenters. The highest BCUT2D eigenvalue weighted by atomic mass is 35.5. The molecule has 0 saturated heterocycles. The van der Waals surface area contributed by atoms with Gasteiger partial charge in [0.25, 0.3) is 0 Å². The highest BCUT2D eigenvalue weighted by molar-refractivity contribution is 8.00.